The molecule has 2 bridgehead atoms. The molecule has 0 aromatic carbocycles. The fraction of sp³-hybridized carbons (Fsp3) is 1.00. The first-order valence-electron chi connectivity index (χ1n) is 4.66. The van der Waals surface area contributed by atoms with Gasteiger partial charge >= 0.3 is 0 Å². The normalized spacial score (nSPS) is 46.9. The average Bonchev–Trinajstić information content (AvgIpc) is 1.74. The van der Waals surface area contributed by atoms with Gasteiger partial charge in [0.15, 0.2) is 0 Å². The van der Waals surface area contributed by atoms with E-state index < -0.39 is 0 Å². The number of hydrogen-bond acceptors (Lipinski definition) is 0. The first-order chi connectivity index (χ1) is 5.10. The summed E-state index contributed by atoms with van der Waals surface area (Å²) in [4.78, 5) is 0. The Balaban J connectivity index is 1.85. The van der Waals surface area contributed by atoms with Crippen LogP contribution in [0.25, 0.3) is 0 Å². The largest absolute Gasteiger partial charge is 0.250 e. The summed E-state index contributed by atoms with van der Waals surface area (Å²) < 4.78 is 12.4. The molecule has 11 heavy (non-hydrogen) atoms. The Morgan fingerprint density at radius 3 is 2.09 bits per heavy atom. The number of hydrogen-bond donors (Lipinski definition) is 0. The van der Waals surface area contributed by atoms with E-state index in [0.29, 0.717) is 5.41 Å². The van der Waals surface area contributed by atoms with Crippen molar-refractivity contribution in [2.45, 2.75) is 39.5 Å². The summed E-state index contributed by atoms with van der Waals surface area (Å²) in [6.45, 7) is 4.47. The Kier molecular flexibility index (Phi) is 1.37. The zero-order valence-corrected chi connectivity index (χ0v) is 7.49. The molecule has 0 heterocycles. The second-order valence-corrected chi connectivity index (χ2v) is 5.26. The molecule has 0 amide bonds. The van der Waals surface area contributed by atoms with E-state index in [1.165, 1.54) is 25.7 Å². The second kappa shape index (κ2) is 1.99. The lowest BCUT2D eigenvalue weighted by atomic mass is 9.34. The SMILES string of the molecule is CC(C)CC12CC(CF)(C1)C2. The second-order valence-electron chi connectivity index (χ2n) is 5.26. The Morgan fingerprint density at radius 1 is 1.18 bits per heavy atom. The van der Waals surface area contributed by atoms with Crippen LogP contribution in [-0.4, -0.2) is 6.67 Å². The third kappa shape index (κ3) is 0.929. The molecular formula is C10H17F. The van der Waals surface area contributed by atoms with E-state index in [9.17, 15) is 4.39 Å². The van der Waals surface area contributed by atoms with Crippen LogP contribution < -0.4 is 0 Å². The van der Waals surface area contributed by atoms with Crippen LogP contribution >= 0.6 is 0 Å². The molecule has 3 rings (SSSR count). The van der Waals surface area contributed by atoms with Crippen LogP contribution in [0.3, 0.4) is 0 Å². The Bertz CT molecular complexity index is 152. The van der Waals surface area contributed by atoms with Gasteiger partial charge in [-0.15, -0.1) is 0 Å². The summed E-state index contributed by atoms with van der Waals surface area (Å²) in [5.41, 5.74) is 0.801. The first kappa shape index (κ1) is 7.57. The van der Waals surface area contributed by atoms with Crippen molar-refractivity contribution in [1.82, 2.24) is 0 Å². The highest BCUT2D eigenvalue weighted by Gasteiger charge is 2.66. The zero-order valence-electron chi connectivity index (χ0n) is 7.49. The number of rotatable bonds is 3. The summed E-state index contributed by atoms with van der Waals surface area (Å²) in [7, 11) is 0. The van der Waals surface area contributed by atoms with Crippen molar-refractivity contribution in [2.24, 2.45) is 16.7 Å². The van der Waals surface area contributed by atoms with E-state index in [4.69, 9.17) is 0 Å². The topological polar surface area (TPSA) is 0 Å². The van der Waals surface area contributed by atoms with E-state index in [1.54, 1.807) is 0 Å². The molecule has 0 spiro atoms. The Hall–Kier alpha value is -0.0700. The highest BCUT2D eigenvalue weighted by Crippen LogP contribution is 2.75. The molecule has 3 aliphatic carbocycles. The third-order valence-corrected chi connectivity index (χ3v) is 3.37. The summed E-state index contributed by atoms with van der Waals surface area (Å²) in [5, 5.41) is 0. The highest BCUT2D eigenvalue weighted by atomic mass is 19.1. The van der Waals surface area contributed by atoms with Crippen molar-refractivity contribution in [3.63, 3.8) is 0 Å². The highest BCUT2D eigenvalue weighted by molar-refractivity contribution is 5.16. The lowest BCUT2D eigenvalue weighted by Crippen LogP contribution is -2.62. The fourth-order valence-electron chi connectivity index (χ4n) is 3.46. The van der Waals surface area contributed by atoms with Gasteiger partial charge in [0.25, 0.3) is 0 Å². The van der Waals surface area contributed by atoms with E-state index in [0.717, 1.165) is 5.92 Å². The van der Waals surface area contributed by atoms with Crippen LogP contribution in [-0.2, 0) is 0 Å². The molecule has 0 aliphatic heterocycles. The van der Waals surface area contributed by atoms with Crippen LogP contribution in [0.2, 0.25) is 0 Å². The maximum absolute atomic E-state index is 12.4. The molecule has 3 fully saturated rings. The average molecular weight is 156 g/mol. The number of halogens is 1. The maximum Gasteiger partial charge on any atom is 0.0951 e. The Labute approximate surface area is 68.2 Å². The van der Waals surface area contributed by atoms with Gasteiger partial charge < -0.3 is 0 Å². The minimum atomic E-state index is -0.0627. The predicted molar refractivity (Wildman–Crippen MR) is 44.1 cm³/mol. The van der Waals surface area contributed by atoms with E-state index in [1.807, 2.05) is 0 Å². The van der Waals surface area contributed by atoms with Gasteiger partial charge in [0.05, 0.1) is 6.67 Å². The molecule has 3 aliphatic rings. The molecule has 0 unspecified atom stereocenters. The standard InChI is InChI=1S/C10H17F/c1-8(2)3-9-4-10(5-9,6-9)7-11/h8H,3-7H2,1-2H3. The van der Waals surface area contributed by atoms with Crippen LogP contribution in [0.4, 0.5) is 4.39 Å². The molecule has 0 N–H and O–H groups in total. The van der Waals surface area contributed by atoms with Crippen molar-refractivity contribution in [3.05, 3.63) is 0 Å². The molecule has 0 saturated heterocycles. The van der Waals surface area contributed by atoms with Gasteiger partial charge in [-0.25, -0.2) is 0 Å². The summed E-state index contributed by atoms with van der Waals surface area (Å²) in [5.74, 6) is 0.799. The van der Waals surface area contributed by atoms with Gasteiger partial charge in [-0.2, -0.15) is 0 Å². The molecule has 0 atom stereocenters. The molecule has 0 radical (unpaired) electrons. The van der Waals surface area contributed by atoms with Gasteiger partial charge in [0, 0.05) is 5.41 Å². The molecule has 0 aromatic rings. The van der Waals surface area contributed by atoms with Crippen LogP contribution in [0.15, 0.2) is 0 Å². The zero-order chi connectivity index (χ0) is 8.11. The van der Waals surface area contributed by atoms with E-state index in [2.05, 4.69) is 13.8 Å². The molecule has 3 saturated carbocycles. The summed E-state index contributed by atoms with van der Waals surface area (Å²) in [6.07, 6.45) is 4.90. The lowest BCUT2D eigenvalue weighted by molar-refractivity contribution is -0.220. The van der Waals surface area contributed by atoms with Crippen molar-refractivity contribution in [2.75, 3.05) is 6.67 Å². The fourth-order valence-corrected chi connectivity index (χ4v) is 3.46. The molecule has 0 aromatic heterocycles. The molecular weight excluding hydrogens is 139 g/mol. The van der Waals surface area contributed by atoms with Gasteiger partial charge in [-0.3, -0.25) is 4.39 Å². The van der Waals surface area contributed by atoms with Crippen molar-refractivity contribution in [1.29, 1.82) is 0 Å². The van der Waals surface area contributed by atoms with E-state index >= 15 is 0 Å². The van der Waals surface area contributed by atoms with Gasteiger partial charge in [-0.05, 0) is 37.0 Å². The van der Waals surface area contributed by atoms with Gasteiger partial charge in [-0.1, -0.05) is 13.8 Å². The van der Waals surface area contributed by atoms with Crippen LogP contribution in [0, 0.1) is 16.7 Å². The van der Waals surface area contributed by atoms with Gasteiger partial charge in [0.1, 0.15) is 0 Å². The summed E-state index contributed by atoms with van der Waals surface area (Å²) in [6, 6.07) is 0. The Morgan fingerprint density at radius 2 is 1.73 bits per heavy atom. The summed E-state index contributed by atoms with van der Waals surface area (Å²) >= 11 is 0. The predicted octanol–water partition coefficient (Wildman–Crippen LogP) is 3.17. The minimum absolute atomic E-state index is 0.0627. The number of alkyl halides is 1. The van der Waals surface area contributed by atoms with Crippen molar-refractivity contribution in [3.8, 4) is 0 Å². The van der Waals surface area contributed by atoms with Crippen molar-refractivity contribution >= 4 is 0 Å². The van der Waals surface area contributed by atoms with Crippen molar-refractivity contribution < 1.29 is 4.39 Å². The molecule has 0 nitrogen and oxygen atoms in total. The molecule has 64 valence electrons. The van der Waals surface area contributed by atoms with Gasteiger partial charge in [0.2, 0.25) is 0 Å². The van der Waals surface area contributed by atoms with E-state index in [-0.39, 0.29) is 12.1 Å². The van der Waals surface area contributed by atoms with Crippen LogP contribution in [0.5, 0.6) is 0 Å². The maximum atomic E-state index is 12.4. The monoisotopic (exact) mass is 156 g/mol. The quantitative estimate of drug-likeness (QED) is 0.588. The minimum Gasteiger partial charge on any atom is -0.250 e. The molecule has 1 heteroatoms. The third-order valence-electron chi connectivity index (χ3n) is 3.37. The smallest absolute Gasteiger partial charge is 0.0951 e. The lowest BCUT2D eigenvalue weighted by Gasteiger charge is -2.70. The first-order valence-corrected chi connectivity index (χ1v) is 4.66. The van der Waals surface area contributed by atoms with Crippen LogP contribution in [0.1, 0.15) is 39.5 Å².